The average Bonchev–Trinajstić information content (AvgIpc) is 3.37. The van der Waals surface area contributed by atoms with Crippen LogP contribution in [0.3, 0.4) is 0 Å². The molecular weight excluding hydrogens is 548 g/mol. The van der Waals surface area contributed by atoms with Crippen molar-refractivity contribution in [2.45, 2.75) is 19.9 Å². The van der Waals surface area contributed by atoms with Gasteiger partial charge in [0.1, 0.15) is 17.1 Å². The van der Waals surface area contributed by atoms with Gasteiger partial charge in [0, 0.05) is 45.8 Å². The van der Waals surface area contributed by atoms with Crippen molar-refractivity contribution >= 4 is 46.5 Å². The Balaban J connectivity index is 1.25. The van der Waals surface area contributed by atoms with Crippen LogP contribution in [0.2, 0.25) is 0 Å². The minimum absolute atomic E-state index is 0.0789. The van der Waals surface area contributed by atoms with Crippen LogP contribution in [0.4, 0.5) is 16.2 Å². The molecule has 0 aliphatic heterocycles. The van der Waals surface area contributed by atoms with Gasteiger partial charge in [0.25, 0.3) is 5.91 Å². The van der Waals surface area contributed by atoms with Gasteiger partial charge in [0.05, 0.1) is 5.52 Å². The monoisotopic (exact) mass is 576 g/mol. The molecule has 0 spiro atoms. The number of amides is 3. The van der Waals surface area contributed by atoms with Crippen molar-refractivity contribution in [1.82, 2.24) is 9.88 Å². The molecule has 10 heteroatoms. The molecule has 216 valence electrons. The number of anilines is 2. The number of aldehydes is 1. The molecule has 0 saturated heterocycles. The molecule has 0 aliphatic carbocycles. The summed E-state index contributed by atoms with van der Waals surface area (Å²) < 4.78 is 7.70. The number of benzene rings is 4. The van der Waals surface area contributed by atoms with Crippen LogP contribution in [0, 0.1) is 0 Å². The summed E-state index contributed by atoms with van der Waals surface area (Å²) in [5.41, 5.74) is 3.43. The third-order valence-corrected chi connectivity index (χ3v) is 6.51. The predicted octanol–water partition coefficient (Wildman–Crippen LogP) is 6.72. The molecule has 4 aromatic carbocycles. The van der Waals surface area contributed by atoms with E-state index in [1.807, 2.05) is 54.8 Å². The van der Waals surface area contributed by atoms with E-state index in [0.717, 1.165) is 22.9 Å². The molecule has 10 nitrogen and oxygen atoms in total. The van der Waals surface area contributed by atoms with Crippen LogP contribution in [0.1, 0.15) is 44.9 Å². The fourth-order valence-corrected chi connectivity index (χ4v) is 4.52. The van der Waals surface area contributed by atoms with Gasteiger partial charge in [-0.3, -0.25) is 9.59 Å². The molecule has 0 fully saturated rings. The summed E-state index contributed by atoms with van der Waals surface area (Å²) in [6.07, 6.45) is 2.60. The van der Waals surface area contributed by atoms with Crippen LogP contribution < -0.4 is 20.7 Å². The first-order chi connectivity index (χ1) is 20.7. The molecule has 0 bridgehead atoms. The lowest BCUT2D eigenvalue weighted by atomic mass is 10.1. The zero-order valence-corrected chi connectivity index (χ0v) is 23.3. The van der Waals surface area contributed by atoms with Gasteiger partial charge in [0.2, 0.25) is 0 Å². The number of hydrogen-bond donors (Lipinski definition) is 4. The van der Waals surface area contributed by atoms with E-state index in [9.17, 15) is 24.3 Å². The van der Waals surface area contributed by atoms with E-state index < -0.39 is 12.0 Å². The molecule has 43 heavy (non-hydrogen) atoms. The van der Waals surface area contributed by atoms with Gasteiger partial charge >= 0.3 is 12.0 Å². The van der Waals surface area contributed by atoms with E-state index in [-0.39, 0.29) is 23.3 Å². The van der Waals surface area contributed by atoms with Crippen LogP contribution in [0.25, 0.3) is 16.6 Å². The summed E-state index contributed by atoms with van der Waals surface area (Å²) in [5.74, 6) is -1.08. The molecule has 0 atom stereocenters. The van der Waals surface area contributed by atoms with Gasteiger partial charge in [-0.2, -0.15) is 0 Å². The van der Waals surface area contributed by atoms with Gasteiger partial charge in [-0.05, 0) is 86.6 Å². The number of aromatic nitrogens is 1. The number of carbonyl (C=O) groups excluding carboxylic acids is 3. The van der Waals surface area contributed by atoms with Crippen LogP contribution in [-0.2, 0) is 0 Å². The van der Waals surface area contributed by atoms with E-state index in [4.69, 9.17) is 4.74 Å². The number of carbonyl (C=O) groups is 4. The Hall–Kier alpha value is -5.90. The smallest absolute Gasteiger partial charge is 0.339 e. The lowest BCUT2D eigenvalue weighted by molar-refractivity contribution is 0.0693. The van der Waals surface area contributed by atoms with Crippen molar-refractivity contribution in [1.29, 1.82) is 0 Å². The van der Waals surface area contributed by atoms with Crippen LogP contribution in [0.5, 0.6) is 11.5 Å². The second-order valence-electron chi connectivity index (χ2n) is 9.99. The van der Waals surface area contributed by atoms with Gasteiger partial charge in [-0.25, -0.2) is 9.59 Å². The molecule has 1 aromatic heterocycles. The summed E-state index contributed by atoms with van der Waals surface area (Å²) in [6, 6.07) is 24.9. The van der Waals surface area contributed by atoms with Crippen molar-refractivity contribution in [3.8, 4) is 17.2 Å². The minimum atomic E-state index is -1.22. The van der Waals surface area contributed by atoms with Crippen molar-refractivity contribution in [2.75, 3.05) is 10.6 Å². The molecule has 4 N–H and O–H groups in total. The number of ether oxygens (including phenoxy) is 1. The van der Waals surface area contributed by atoms with E-state index in [0.29, 0.717) is 28.3 Å². The number of para-hydroxylation sites is 1. The molecule has 5 rings (SSSR count). The quantitative estimate of drug-likeness (QED) is 0.144. The topological polar surface area (TPSA) is 139 Å². The van der Waals surface area contributed by atoms with Crippen LogP contribution >= 0.6 is 0 Å². The number of carboxylic acids is 1. The molecule has 5 aromatic rings. The summed E-state index contributed by atoms with van der Waals surface area (Å²) in [5, 5.41) is 18.6. The number of rotatable bonds is 9. The van der Waals surface area contributed by atoms with Gasteiger partial charge < -0.3 is 30.4 Å². The first kappa shape index (κ1) is 28.6. The zero-order valence-electron chi connectivity index (χ0n) is 23.3. The molecular formula is C33H28N4O6. The number of nitrogens with zero attached hydrogens (tertiary/aromatic N) is 1. The molecule has 1 heterocycles. The van der Waals surface area contributed by atoms with Crippen molar-refractivity contribution in [3.05, 3.63) is 114 Å². The minimum Gasteiger partial charge on any atom is -0.478 e. The lowest BCUT2D eigenvalue weighted by Crippen LogP contribution is -2.34. The first-order valence-corrected chi connectivity index (χ1v) is 13.4. The summed E-state index contributed by atoms with van der Waals surface area (Å²) in [4.78, 5) is 48.2. The molecule has 0 radical (unpaired) electrons. The van der Waals surface area contributed by atoms with Crippen molar-refractivity contribution in [2.24, 2.45) is 0 Å². The number of aromatic carboxylic acids is 1. The van der Waals surface area contributed by atoms with E-state index in [1.165, 1.54) is 12.1 Å². The third-order valence-electron chi connectivity index (χ3n) is 6.51. The summed E-state index contributed by atoms with van der Waals surface area (Å²) in [7, 11) is 0. The number of fused-ring (bicyclic) bond motifs is 1. The molecule has 0 aliphatic rings. The normalized spacial score (nSPS) is 10.8. The molecule has 0 saturated carbocycles. The van der Waals surface area contributed by atoms with E-state index in [2.05, 4.69) is 16.0 Å². The number of urea groups is 1. The maximum atomic E-state index is 12.9. The number of nitrogens with one attached hydrogen (secondary N) is 3. The maximum absolute atomic E-state index is 12.9. The SMILES string of the molecule is CC(C)NC(=O)Nc1ccc(Oc2ccc(NC(=O)c3ccc(-n4cc(C=O)c5ccccc54)cc3)cc2)c(C(=O)O)c1. The Morgan fingerprint density at radius 2 is 1.56 bits per heavy atom. The van der Waals surface area contributed by atoms with Crippen LogP contribution in [0.15, 0.2) is 97.2 Å². The van der Waals surface area contributed by atoms with Gasteiger partial charge in [0.15, 0.2) is 6.29 Å². The zero-order chi connectivity index (χ0) is 30.5. The lowest BCUT2D eigenvalue weighted by Gasteiger charge is -2.13. The van der Waals surface area contributed by atoms with Crippen LogP contribution in [-0.4, -0.2) is 39.9 Å². The van der Waals surface area contributed by atoms with E-state index >= 15 is 0 Å². The highest BCUT2D eigenvalue weighted by Crippen LogP contribution is 2.29. The second-order valence-corrected chi connectivity index (χ2v) is 9.99. The Labute approximate surface area is 246 Å². The van der Waals surface area contributed by atoms with E-state index in [1.54, 1.807) is 48.7 Å². The fraction of sp³-hybridized carbons (Fsp3) is 0.0909. The summed E-state index contributed by atoms with van der Waals surface area (Å²) >= 11 is 0. The Bertz CT molecular complexity index is 1830. The predicted molar refractivity (Wildman–Crippen MR) is 164 cm³/mol. The highest BCUT2D eigenvalue weighted by molar-refractivity contribution is 6.04. The Morgan fingerprint density at radius 3 is 2.23 bits per heavy atom. The highest BCUT2D eigenvalue weighted by atomic mass is 16.5. The van der Waals surface area contributed by atoms with Crippen molar-refractivity contribution < 1.29 is 29.0 Å². The number of carboxylic acid groups (broad SMARTS) is 1. The Morgan fingerprint density at radius 1 is 0.860 bits per heavy atom. The maximum Gasteiger partial charge on any atom is 0.339 e. The third kappa shape index (κ3) is 6.54. The Kier molecular flexibility index (Phi) is 8.20. The fourth-order valence-electron chi connectivity index (χ4n) is 4.52. The summed E-state index contributed by atoms with van der Waals surface area (Å²) in [6.45, 7) is 3.62. The highest BCUT2D eigenvalue weighted by Gasteiger charge is 2.15. The second kappa shape index (κ2) is 12.3. The number of hydrogen-bond acceptors (Lipinski definition) is 5. The largest absolute Gasteiger partial charge is 0.478 e. The average molecular weight is 577 g/mol. The molecule has 0 unspecified atom stereocenters. The standard InChI is InChI=1S/C33H28N4O6/c1-20(2)34-33(42)36-24-11-16-30(28(17-24)32(40)41)43-26-14-9-23(10-15-26)35-31(39)21-7-12-25(13-8-21)37-18-22(19-38)27-5-3-4-6-29(27)37/h3-20H,1-2H3,(H,35,39)(H,40,41)(H2,34,36,42). The van der Waals surface area contributed by atoms with Gasteiger partial charge in [-0.1, -0.05) is 18.2 Å². The first-order valence-electron chi connectivity index (χ1n) is 13.4. The molecule has 3 amide bonds. The van der Waals surface area contributed by atoms with Crippen molar-refractivity contribution in [3.63, 3.8) is 0 Å². The van der Waals surface area contributed by atoms with Gasteiger partial charge in [-0.15, -0.1) is 0 Å².